The van der Waals surface area contributed by atoms with Gasteiger partial charge >= 0.3 is 0 Å². The van der Waals surface area contributed by atoms with E-state index in [1.165, 1.54) is 6.34 Å². The van der Waals surface area contributed by atoms with Crippen LogP contribution < -0.4 is 5.73 Å². The smallest absolute Gasteiger partial charge is 0.106 e. The number of rotatable bonds is 3. The van der Waals surface area contributed by atoms with Gasteiger partial charge in [-0.3, -0.25) is 5.01 Å². The molecular weight excluding hydrogens is 102 g/mol. The zero-order valence-electron chi connectivity index (χ0n) is 5.04. The van der Waals surface area contributed by atoms with Gasteiger partial charge in [-0.1, -0.05) is 6.58 Å². The molecular formula is C5H11N3. The van der Waals surface area contributed by atoms with Crippen LogP contribution in [0.15, 0.2) is 17.9 Å². The van der Waals surface area contributed by atoms with Crippen LogP contribution in [0.5, 0.6) is 0 Å². The predicted molar refractivity (Wildman–Crippen MR) is 35.3 cm³/mol. The fourth-order valence-electron chi connectivity index (χ4n) is 0.344. The molecule has 0 bridgehead atoms. The molecule has 0 saturated heterocycles. The van der Waals surface area contributed by atoms with Gasteiger partial charge in [-0.05, 0) is 6.92 Å². The molecule has 46 valence electrons. The monoisotopic (exact) mass is 113 g/mol. The van der Waals surface area contributed by atoms with Gasteiger partial charge < -0.3 is 5.73 Å². The molecule has 0 aliphatic heterocycles. The van der Waals surface area contributed by atoms with E-state index >= 15 is 0 Å². The Hall–Kier alpha value is -0.990. The zero-order chi connectivity index (χ0) is 6.41. The van der Waals surface area contributed by atoms with E-state index in [0.717, 1.165) is 6.54 Å². The lowest BCUT2D eigenvalue weighted by molar-refractivity contribution is 0.425. The Morgan fingerprint density at radius 1 is 1.88 bits per heavy atom. The van der Waals surface area contributed by atoms with E-state index in [0.29, 0.717) is 0 Å². The summed E-state index contributed by atoms with van der Waals surface area (Å²) in [6.45, 7) is 6.28. The molecule has 0 radical (unpaired) electrons. The second-order valence-electron chi connectivity index (χ2n) is 1.20. The van der Waals surface area contributed by atoms with Gasteiger partial charge in [-0.15, -0.1) is 0 Å². The third-order valence-corrected chi connectivity index (χ3v) is 0.750. The van der Waals surface area contributed by atoms with Gasteiger partial charge in [0.2, 0.25) is 0 Å². The number of nitrogens with zero attached hydrogens (tertiary/aromatic N) is 2. The van der Waals surface area contributed by atoms with Crippen molar-refractivity contribution in [1.29, 1.82) is 0 Å². The van der Waals surface area contributed by atoms with Gasteiger partial charge in [0.15, 0.2) is 0 Å². The lowest BCUT2D eigenvalue weighted by atomic mass is 10.7. The average molecular weight is 113 g/mol. The predicted octanol–water partition coefficient (Wildman–Crippen LogP) is 0.354. The first-order chi connectivity index (χ1) is 3.85. The number of nitrogens with two attached hydrogens (primary N) is 1. The van der Waals surface area contributed by atoms with Crippen molar-refractivity contribution in [3.05, 3.63) is 12.8 Å². The van der Waals surface area contributed by atoms with Crippen molar-refractivity contribution in [1.82, 2.24) is 5.01 Å². The maximum atomic E-state index is 5.00. The first-order valence-corrected chi connectivity index (χ1v) is 2.48. The molecule has 0 saturated carbocycles. The molecule has 0 unspecified atom stereocenters. The van der Waals surface area contributed by atoms with E-state index in [2.05, 4.69) is 11.7 Å². The first-order valence-electron chi connectivity index (χ1n) is 2.48. The molecule has 0 aromatic carbocycles. The quantitative estimate of drug-likeness (QED) is 0.326. The summed E-state index contributed by atoms with van der Waals surface area (Å²) < 4.78 is 0. The van der Waals surface area contributed by atoms with Crippen LogP contribution in [0, 0.1) is 0 Å². The molecule has 3 nitrogen and oxygen atoms in total. The Morgan fingerprint density at radius 3 is 2.62 bits per heavy atom. The van der Waals surface area contributed by atoms with E-state index in [-0.39, 0.29) is 0 Å². The van der Waals surface area contributed by atoms with Crippen LogP contribution in [0.25, 0.3) is 0 Å². The molecule has 0 amide bonds. The normalized spacial score (nSPS) is 9.62. The van der Waals surface area contributed by atoms with E-state index in [9.17, 15) is 0 Å². The van der Waals surface area contributed by atoms with Crippen molar-refractivity contribution in [2.75, 3.05) is 6.54 Å². The number of hydrazone groups is 1. The third kappa shape index (κ3) is 2.23. The number of hydrogen-bond donors (Lipinski definition) is 1. The molecule has 0 rings (SSSR count). The van der Waals surface area contributed by atoms with Crippen LogP contribution in [0.3, 0.4) is 0 Å². The molecule has 0 atom stereocenters. The highest BCUT2D eigenvalue weighted by Gasteiger charge is 1.82. The molecule has 0 spiro atoms. The Labute approximate surface area is 49.5 Å². The van der Waals surface area contributed by atoms with Gasteiger partial charge in [-0.25, -0.2) is 0 Å². The summed E-state index contributed by atoms with van der Waals surface area (Å²) in [6, 6.07) is 0. The summed E-state index contributed by atoms with van der Waals surface area (Å²) in [6.07, 6.45) is 2.86. The molecule has 0 aliphatic rings. The van der Waals surface area contributed by atoms with Crippen molar-refractivity contribution < 1.29 is 0 Å². The van der Waals surface area contributed by atoms with E-state index in [4.69, 9.17) is 5.73 Å². The van der Waals surface area contributed by atoms with Crippen molar-refractivity contribution in [2.45, 2.75) is 6.92 Å². The van der Waals surface area contributed by atoms with Crippen molar-refractivity contribution in [3.63, 3.8) is 0 Å². The minimum atomic E-state index is 0.803. The Morgan fingerprint density at radius 2 is 2.50 bits per heavy atom. The van der Waals surface area contributed by atoms with Crippen molar-refractivity contribution in [3.8, 4) is 0 Å². The highest BCUT2D eigenvalue weighted by atomic mass is 15.4. The molecule has 3 heteroatoms. The highest BCUT2D eigenvalue weighted by Crippen LogP contribution is 1.84. The molecule has 0 aliphatic carbocycles. The van der Waals surface area contributed by atoms with Crippen LogP contribution in [-0.4, -0.2) is 17.9 Å². The summed E-state index contributed by atoms with van der Waals surface area (Å²) in [5.41, 5.74) is 5.00. The third-order valence-electron chi connectivity index (χ3n) is 0.750. The van der Waals surface area contributed by atoms with Gasteiger partial charge in [0.05, 0.1) is 0 Å². The lowest BCUT2D eigenvalue weighted by Crippen LogP contribution is -2.09. The summed E-state index contributed by atoms with van der Waals surface area (Å²) in [4.78, 5) is 0. The SMILES string of the molecule is C=CN(CC)/N=C\N. The van der Waals surface area contributed by atoms with Crippen LogP contribution in [-0.2, 0) is 0 Å². The van der Waals surface area contributed by atoms with Gasteiger partial charge in [0.25, 0.3) is 0 Å². The van der Waals surface area contributed by atoms with Gasteiger partial charge in [0, 0.05) is 12.7 Å². The Bertz CT molecular complexity index is 87.7. The molecule has 8 heavy (non-hydrogen) atoms. The van der Waals surface area contributed by atoms with E-state index in [1.807, 2.05) is 6.92 Å². The molecule has 0 aromatic rings. The summed E-state index contributed by atoms with van der Waals surface area (Å²) >= 11 is 0. The standard InChI is InChI=1S/C5H11N3/c1-3-8(4-2)7-5-6/h3,5H,1,4H2,2H3,(H2,6,7). The topological polar surface area (TPSA) is 41.6 Å². The lowest BCUT2D eigenvalue weighted by Gasteiger charge is -2.07. The maximum absolute atomic E-state index is 5.00. The Kier molecular flexibility index (Phi) is 3.66. The fraction of sp³-hybridized carbons (Fsp3) is 0.400. The van der Waals surface area contributed by atoms with Crippen LogP contribution in [0.4, 0.5) is 0 Å². The highest BCUT2D eigenvalue weighted by molar-refractivity contribution is 5.50. The van der Waals surface area contributed by atoms with E-state index < -0.39 is 0 Å². The zero-order valence-corrected chi connectivity index (χ0v) is 5.04. The summed E-state index contributed by atoms with van der Waals surface area (Å²) in [5.74, 6) is 0. The summed E-state index contributed by atoms with van der Waals surface area (Å²) in [5, 5.41) is 5.37. The second kappa shape index (κ2) is 4.18. The largest absolute Gasteiger partial charge is 0.388 e. The molecule has 0 aromatic heterocycles. The Balaban J connectivity index is 3.52. The van der Waals surface area contributed by atoms with E-state index in [1.54, 1.807) is 11.2 Å². The molecule has 0 heterocycles. The fourth-order valence-corrected chi connectivity index (χ4v) is 0.344. The van der Waals surface area contributed by atoms with Gasteiger partial charge in [-0.2, -0.15) is 5.10 Å². The average Bonchev–Trinajstić information content (AvgIpc) is 1.83. The van der Waals surface area contributed by atoms with Crippen LogP contribution in [0.1, 0.15) is 6.92 Å². The molecule has 2 N–H and O–H groups in total. The minimum absolute atomic E-state index is 0.803. The molecule has 0 fully saturated rings. The van der Waals surface area contributed by atoms with Crippen LogP contribution >= 0.6 is 0 Å². The number of hydrogen-bond acceptors (Lipinski definition) is 2. The minimum Gasteiger partial charge on any atom is -0.388 e. The van der Waals surface area contributed by atoms with Crippen LogP contribution in [0.2, 0.25) is 0 Å². The van der Waals surface area contributed by atoms with Gasteiger partial charge in [0.1, 0.15) is 6.34 Å². The first kappa shape index (κ1) is 7.01. The second-order valence-corrected chi connectivity index (χ2v) is 1.20. The van der Waals surface area contributed by atoms with Crippen molar-refractivity contribution >= 4 is 6.34 Å². The summed E-state index contributed by atoms with van der Waals surface area (Å²) in [7, 11) is 0. The van der Waals surface area contributed by atoms with Crippen molar-refractivity contribution in [2.24, 2.45) is 10.8 Å². The maximum Gasteiger partial charge on any atom is 0.106 e.